The molecule has 0 saturated carbocycles. The van der Waals surface area contributed by atoms with Gasteiger partial charge >= 0.3 is 6.18 Å². The maximum absolute atomic E-state index is 13.3. The van der Waals surface area contributed by atoms with Gasteiger partial charge in [0.05, 0.1) is 13.2 Å². The summed E-state index contributed by atoms with van der Waals surface area (Å²) >= 11 is 0. The number of carbonyl (C=O) groups excluding carboxylic acids is 1. The first kappa shape index (κ1) is 16.6. The number of rotatable bonds is 4. The van der Waals surface area contributed by atoms with Gasteiger partial charge in [-0.25, -0.2) is 0 Å². The molecule has 1 N–H and O–H groups in total. The van der Waals surface area contributed by atoms with Crippen LogP contribution >= 0.6 is 0 Å². The lowest BCUT2D eigenvalue weighted by atomic mass is 10.1. The number of hydrogen-bond donors (Lipinski definition) is 1. The number of ether oxygens (including phenoxy) is 1. The Morgan fingerprint density at radius 3 is 2.45 bits per heavy atom. The van der Waals surface area contributed by atoms with Crippen LogP contribution in [0.15, 0.2) is 24.3 Å². The number of nitrogens with one attached hydrogen (secondary N) is 1. The second-order valence-electron chi connectivity index (χ2n) is 5.40. The molecule has 2 atom stereocenters. The Balaban J connectivity index is 2.17. The lowest BCUT2D eigenvalue weighted by Crippen LogP contribution is -2.46. The highest BCUT2D eigenvalue weighted by Gasteiger charge is 2.43. The van der Waals surface area contributed by atoms with Gasteiger partial charge in [0.25, 0.3) is 0 Å². The zero-order valence-electron chi connectivity index (χ0n) is 12.5. The lowest BCUT2D eigenvalue weighted by molar-refractivity contribution is -0.164. The van der Waals surface area contributed by atoms with E-state index < -0.39 is 24.2 Å². The highest BCUT2D eigenvalue weighted by molar-refractivity contribution is 5.82. The van der Waals surface area contributed by atoms with Crippen LogP contribution in [0.4, 0.5) is 13.2 Å². The molecule has 0 bridgehead atoms. The molecule has 2 rings (SSSR count). The predicted octanol–water partition coefficient (Wildman–Crippen LogP) is 2.51. The number of carbonyl (C=O) groups is 1. The Morgan fingerprint density at radius 1 is 1.36 bits per heavy atom. The van der Waals surface area contributed by atoms with Gasteiger partial charge in [0.15, 0.2) is 6.04 Å². The Labute approximate surface area is 127 Å². The van der Waals surface area contributed by atoms with Gasteiger partial charge in [-0.3, -0.25) is 9.69 Å². The summed E-state index contributed by atoms with van der Waals surface area (Å²) in [5, 5.41) is 2.14. The molecule has 1 heterocycles. The molecule has 4 nitrogen and oxygen atoms in total. The number of halogens is 3. The molecule has 22 heavy (non-hydrogen) atoms. The molecule has 1 aromatic rings. The van der Waals surface area contributed by atoms with Crippen LogP contribution < -0.4 is 10.1 Å². The van der Waals surface area contributed by atoms with E-state index in [-0.39, 0.29) is 5.56 Å². The van der Waals surface area contributed by atoms with Crippen molar-refractivity contribution >= 4 is 5.91 Å². The molecule has 1 aliphatic rings. The van der Waals surface area contributed by atoms with Crippen LogP contribution in [0, 0.1) is 0 Å². The lowest BCUT2D eigenvalue weighted by Gasteiger charge is -2.26. The molecule has 1 saturated heterocycles. The number of hydrogen-bond acceptors (Lipinski definition) is 3. The summed E-state index contributed by atoms with van der Waals surface area (Å²) in [6.45, 7) is 0.720. The largest absolute Gasteiger partial charge is 0.497 e. The fourth-order valence-electron chi connectivity index (χ4n) is 2.63. The number of likely N-dealkylation sites (tertiary alicyclic amines) is 1. The third-order valence-corrected chi connectivity index (χ3v) is 3.89. The number of methoxy groups -OCH3 is 1. The van der Waals surface area contributed by atoms with Crippen molar-refractivity contribution in [3.05, 3.63) is 29.8 Å². The summed E-state index contributed by atoms with van der Waals surface area (Å²) in [7, 11) is 3.18. The second kappa shape index (κ2) is 6.56. The molecular formula is C15H19F3N2O2. The fraction of sp³-hybridized carbons (Fsp3) is 0.533. The zero-order valence-corrected chi connectivity index (χ0v) is 12.5. The molecule has 0 spiro atoms. The smallest absolute Gasteiger partial charge is 0.412 e. The van der Waals surface area contributed by atoms with Crippen molar-refractivity contribution in [2.24, 2.45) is 0 Å². The zero-order chi connectivity index (χ0) is 16.3. The molecule has 1 aliphatic heterocycles. The van der Waals surface area contributed by atoms with E-state index in [2.05, 4.69) is 5.32 Å². The number of benzene rings is 1. The van der Waals surface area contributed by atoms with Crippen molar-refractivity contribution in [1.82, 2.24) is 10.2 Å². The van der Waals surface area contributed by atoms with E-state index in [1.54, 1.807) is 11.9 Å². The van der Waals surface area contributed by atoms with Crippen molar-refractivity contribution in [2.45, 2.75) is 31.1 Å². The quantitative estimate of drug-likeness (QED) is 0.928. The predicted molar refractivity (Wildman–Crippen MR) is 75.6 cm³/mol. The first-order valence-corrected chi connectivity index (χ1v) is 7.04. The maximum Gasteiger partial charge on any atom is 0.412 e. The summed E-state index contributed by atoms with van der Waals surface area (Å²) in [4.78, 5) is 13.9. The molecule has 0 aliphatic carbocycles. The monoisotopic (exact) mass is 316 g/mol. The van der Waals surface area contributed by atoms with Gasteiger partial charge in [0, 0.05) is 0 Å². The molecule has 1 aromatic carbocycles. The Kier molecular flexibility index (Phi) is 4.95. The highest BCUT2D eigenvalue weighted by atomic mass is 19.4. The van der Waals surface area contributed by atoms with Crippen LogP contribution in [-0.2, 0) is 4.79 Å². The minimum Gasteiger partial charge on any atom is -0.497 e. The van der Waals surface area contributed by atoms with E-state index >= 15 is 0 Å². The summed E-state index contributed by atoms with van der Waals surface area (Å²) in [6, 6.07) is 3.01. The minimum atomic E-state index is -4.55. The summed E-state index contributed by atoms with van der Waals surface area (Å²) < 4.78 is 44.8. The van der Waals surface area contributed by atoms with Gasteiger partial charge in [-0.15, -0.1) is 0 Å². The molecule has 122 valence electrons. The van der Waals surface area contributed by atoms with Gasteiger partial charge < -0.3 is 10.1 Å². The van der Waals surface area contributed by atoms with E-state index in [1.165, 1.54) is 31.4 Å². The summed E-state index contributed by atoms with van der Waals surface area (Å²) in [5.41, 5.74) is -0.0118. The molecule has 7 heteroatoms. The van der Waals surface area contributed by atoms with Crippen LogP contribution in [0.2, 0.25) is 0 Å². The number of likely N-dealkylation sites (N-methyl/N-ethyl adjacent to an activating group) is 1. The van der Waals surface area contributed by atoms with Crippen LogP contribution in [0.25, 0.3) is 0 Å². The minimum absolute atomic E-state index is 0.0118. The van der Waals surface area contributed by atoms with Crippen molar-refractivity contribution in [2.75, 3.05) is 20.7 Å². The normalized spacial score (nSPS) is 20.7. The van der Waals surface area contributed by atoms with E-state index in [1.807, 2.05) is 0 Å². The molecule has 1 amide bonds. The fourth-order valence-corrected chi connectivity index (χ4v) is 2.63. The van der Waals surface area contributed by atoms with E-state index in [4.69, 9.17) is 4.74 Å². The Bertz CT molecular complexity index is 517. The Hall–Kier alpha value is -1.76. The van der Waals surface area contributed by atoms with Gasteiger partial charge in [-0.1, -0.05) is 12.1 Å². The third kappa shape index (κ3) is 3.71. The standard InChI is InChI=1S/C15H19F3N2O2/c1-20-9-3-4-12(20)14(21)19-13(15(16,17)18)10-5-7-11(22-2)8-6-10/h5-8,12-13H,3-4,9H2,1-2H3,(H,19,21). The second-order valence-corrected chi connectivity index (χ2v) is 5.40. The van der Waals surface area contributed by atoms with E-state index in [9.17, 15) is 18.0 Å². The van der Waals surface area contributed by atoms with E-state index in [0.29, 0.717) is 12.2 Å². The van der Waals surface area contributed by atoms with Crippen molar-refractivity contribution in [1.29, 1.82) is 0 Å². The average molecular weight is 316 g/mol. The molecule has 0 aromatic heterocycles. The van der Waals surface area contributed by atoms with Crippen molar-refractivity contribution in [3.8, 4) is 5.75 Å². The summed E-state index contributed by atoms with van der Waals surface area (Å²) in [6.07, 6.45) is -3.16. The number of amides is 1. The molecular weight excluding hydrogens is 297 g/mol. The van der Waals surface area contributed by atoms with Crippen LogP contribution in [0.5, 0.6) is 5.75 Å². The molecule has 2 unspecified atom stereocenters. The van der Waals surface area contributed by atoms with Gasteiger partial charge in [-0.05, 0) is 44.1 Å². The van der Waals surface area contributed by atoms with Crippen LogP contribution in [0.3, 0.4) is 0 Å². The first-order chi connectivity index (χ1) is 10.3. The van der Waals surface area contributed by atoms with Gasteiger partial charge in [0.1, 0.15) is 5.75 Å². The van der Waals surface area contributed by atoms with Gasteiger partial charge in [-0.2, -0.15) is 13.2 Å². The third-order valence-electron chi connectivity index (χ3n) is 3.89. The summed E-state index contributed by atoms with van der Waals surface area (Å²) in [5.74, 6) is -0.121. The number of nitrogens with zero attached hydrogens (tertiary/aromatic N) is 1. The first-order valence-electron chi connectivity index (χ1n) is 7.04. The molecule has 0 radical (unpaired) electrons. The average Bonchev–Trinajstić information content (AvgIpc) is 2.90. The molecule has 1 fully saturated rings. The number of alkyl halides is 3. The Morgan fingerprint density at radius 2 is 2.00 bits per heavy atom. The van der Waals surface area contributed by atoms with E-state index in [0.717, 1.165) is 13.0 Å². The highest BCUT2D eigenvalue weighted by Crippen LogP contribution is 2.33. The van der Waals surface area contributed by atoms with Crippen LogP contribution in [-0.4, -0.2) is 43.7 Å². The van der Waals surface area contributed by atoms with Crippen LogP contribution in [0.1, 0.15) is 24.4 Å². The maximum atomic E-state index is 13.3. The SMILES string of the molecule is COc1ccc(C(NC(=O)C2CCCN2C)C(F)(F)F)cc1. The van der Waals surface area contributed by atoms with Crippen molar-refractivity contribution < 1.29 is 22.7 Å². The topological polar surface area (TPSA) is 41.6 Å². The van der Waals surface area contributed by atoms with Crippen molar-refractivity contribution in [3.63, 3.8) is 0 Å². The van der Waals surface area contributed by atoms with Gasteiger partial charge in [0.2, 0.25) is 5.91 Å².